The predicted molar refractivity (Wildman–Crippen MR) is 91.4 cm³/mol. The van der Waals surface area contributed by atoms with Gasteiger partial charge in [0, 0.05) is 13.5 Å². The molecule has 0 bridgehead atoms. The molecule has 0 spiro atoms. The minimum Gasteiger partial charge on any atom is -0.374 e. The summed E-state index contributed by atoms with van der Waals surface area (Å²) in [5.41, 5.74) is 2.31. The van der Waals surface area contributed by atoms with E-state index in [9.17, 15) is 0 Å². The molecule has 0 saturated carbocycles. The van der Waals surface area contributed by atoms with Gasteiger partial charge < -0.3 is 18.9 Å². The topological polar surface area (TPSA) is 36.9 Å². The lowest BCUT2D eigenvalue weighted by molar-refractivity contribution is -0.137. The Morgan fingerprint density at radius 1 is 0.917 bits per heavy atom. The molecule has 0 radical (unpaired) electrons. The van der Waals surface area contributed by atoms with Crippen LogP contribution in [-0.2, 0) is 32.2 Å². The van der Waals surface area contributed by atoms with E-state index in [0.717, 1.165) is 17.5 Å². The zero-order valence-corrected chi connectivity index (χ0v) is 14.0. The van der Waals surface area contributed by atoms with E-state index in [1.807, 2.05) is 36.4 Å². The average molecular weight is 328 g/mol. The Bertz CT molecular complexity index is 587. The number of hydrogen-bond donors (Lipinski definition) is 0. The van der Waals surface area contributed by atoms with E-state index in [0.29, 0.717) is 19.8 Å². The Labute approximate surface area is 143 Å². The molecule has 1 heterocycles. The Balaban J connectivity index is 1.49. The maximum absolute atomic E-state index is 6.05. The van der Waals surface area contributed by atoms with Crippen molar-refractivity contribution >= 4 is 0 Å². The van der Waals surface area contributed by atoms with Crippen molar-refractivity contribution < 1.29 is 18.9 Å². The minimum absolute atomic E-state index is 0.0223. The first kappa shape index (κ1) is 17.1. The fourth-order valence-electron chi connectivity index (χ4n) is 2.80. The Hall–Kier alpha value is -1.72. The normalized spacial score (nSPS) is 23.5. The van der Waals surface area contributed by atoms with Crippen LogP contribution < -0.4 is 0 Å². The summed E-state index contributed by atoms with van der Waals surface area (Å²) in [5, 5.41) is 0. The molecule has 0 amide bonds. The van der Waals surface area contributed by atoms with Gasteiger partial charge in [0.05, 0.1) is 25.9 Å². The van der Waals surface area contributed by atoms with E-state index in [1.54, 1.807) is 7.11 Å². The summed E-state index contributed by atoms with van der Waals surface area (Å²) in [6.07, 6.45) is 0.368. The molecule has 3 atom stereocenters. The molecule has 1 aliphatic rings. The molecule has 2 aromatic rings. The van der Waals surface area contributed by atoms with Gasteiger partial charge in [-0.25, -0.2) is 0 Å². The van der Waals surface area contributed by atoms with Crippen LogP contribution in [0.1, 0.15) is 17.5 Å². The Morgan fingerprint density at radius 3 is 2.17 bits per heavy atom. The van der Waals surface area contributed by atoms with Crippen molar-refractivity contribution in [1.29, 1.82) is 0 Å². The molecule has 1 saturated heterocycles. The highest BCUT2D eigenvalue weighted by atomic mass is 16.7. The molecule has 0 aromatic heterocycles. The monoisotopic (exact) mass is 328 g/mol. The van der Waals surface area contributed by atoms with E-state index < -0.39 is 0 Å². The second-order valence-corrected chi connectivity index (χ2v) is 5.91. The summed E-state index contributed by atoms with van der Waals surface area (Å²) in [6, 6.07) is 20.3. The largest absolute Gasteiger partial charge is 0.374 e. The summed E-state index contributed by atoms with van der Waals surface area (Å²) in [7, 11) is 1.66. The Kier molecular flexibility index (Phi) is 6.38. The summed E-state index contributed by atoms with van der Waals surface area (Å²) >= 11 is 0. The van der Waals surface area contributed by atoms with Crippen LogP contribution in [0.25, 0.3) is 0 Å². The van der Waals surface area contributed by atoms with Crippen LogP contribution in [-0.4, -0.2) is 32.2 Å². The zero-order chi connectivity index (χ0) is 16.6. The molecule has 1 aliphatic heterocycles. The molecule has 0 aliphatic carbocycles. The maximum atomic E-state index is 6.05. The van der Waals surface area contributed by atoms with Crippen molar-refractivity contribution in [2.75, 3.05) is 13.7 Å². The van der Waals surface area contributed by atoms with Gasteiger partial charge in [-0.3, -0.25) is 0 Å². The molecule has 3 rings (SSSR count). The molecule has 0 unspecified atom stereocenters. The number of hydrogen-bond acceptors (Lipinski definition) is 4. The number of methoxy groups -OCH3 is 1. The quantitative estimate of drug-likeness (QED) is 0.742. The number of benzene rings is 2. The molecule has 4 heteroatoms. The molecular weight excluding hydrogens is 304 g/mol. The van der Waals surface area contributed by atoms with Crippen molar-refractivity contribution in [1.82, 2.24) is 0 Å². The van der Waals surface area contributed by atoms with Gasteiger partial charge in [-0.2, -0.15) is 0 Å². The van der Waals surface area contributed by atoms with E-state index in [1.165, 1.54) is 0 Å². The SMILES string of the molecule is CO[C@H]1C[C@@H](OCc2ccccc2)[C@@H](COCc2ccccc2)O1. The fourth-order valence-corrected chi connectivity index (χ4v) is 2.80. The van der Waals surface area contributed by atoms with E-state index in [4.69, 9.17) is 18.9 Å². The molecule has 4 nitrogen and oxygen atoms in total. The van der Waals surface area contributed by atoms with Crippen LogP contribution in [0.3, 0.4) is 0 Å². The van der Waals surface area contributed by atoms with Crippen LogP contribution in [0.15, 0.2) is 60.7 Å². The molecule has 24 heavy (non-hydrogen) atoms. The van der Waals surface area contributed by atoms with Crippen LogP contribution in [0.2, 0.25) is 0 Å². The average Bonchev–Trinajstić information content (AvgIpc) is 3.04. The third-order valence-corrected chi connectivity index (χ3v) is 4.13. The highest BCUT2D eigenvalue weighted by Crippen LogP contribution is 2.25. The maximum Gasteiger partial charge on any atom is 0.160 e. The first-order valence-electron chi connectivity index (χ1n) is 8.30. The van der Waals surface area contributed by atoms with Gasteiger partial charge in [-0.05, 0) is 11.1 Å². The lowest BCUT2D eigenvalue weighted by Crippen LogP contribution is -2.29. The van der Waals surface area contributed by atoms with Crippen molar-refractivity contribution in [2.24, 2.45) is 0 Å². The fraction of sp³-hybridized carbons (Fsp3) is 0.400. The van der Waals surface area contributed by atoms with Gasteiger partial charge in [0.25, 0.3) is 0 Å². The molecular formula is C20H24O4. The van der Waals surface area contributed by atoms with Gasteiger partial charge in [0.1, 0.15) is 6.10 Å². The molecule has 1 fully saturated rings. The van der Waals surface area contributed by atoms with Crippen molar-refractivity contribution in [3.63, 3.8) is 0 Å². The van der Waals surface area contributed by atoms with E-state index in [-0.39, 0.29) is 18.5 Å². The van der Waals surface area contributed by atoms with E-state index in [2.05, 4.69) is 24.3 Å². The number of ether oxygens (including phenoxy) is 4. The van der Waals surface area contributed by atoms with Crippen LogP contribution in [0.4, 0.5) is 0 Å². The van der Waals surface area contributed by atoms with Gasteiger partial charge in [0.15, 0.2) is 6.29 Å². The highest BCUT2D eigenvalue weighted by Gasteiger charge is 2.36. The highest BCUT2D eigenvalue weighted by molar-refractivity contribution is 5.14. The third-order valence-electron chi connectivity index (χ3n) is 4.13. The molecule has 128 valence electrons. The first-order valence-corrected chi connectivity index (χ1v) is 8.30. The standard InChI is InChI=1S/C20H24O4/c1-21-20-12-18(23-14-17-10-6-3-7-11-17)19(24-20)15-22-13-16-8-4-2-5-9-16/h2-11,18-20H,12-15H2,1H3/t18-,19-,20-/m1/s1. The zero-order valence-electron chi connectivity index (χ0n) is 14.0. The number of rotatable bonds is 8. The van der Waals surface area contributed by atoms with Gasteiger partial charge in [-0.15, -0.1) is 0 Å². The Morgan fingerprint density at radius 2 is 1.54 bits per heavy atom. The first-order chi connectivity index (χ1) is 11.8. The minimum atomic E-state index is -0.226. The van der Waals surface area contributed by atoms with Crippen LogP contribution in [0.5, 0.6) is 0 Å². The lowest BCUT2D eigenvalue weighted by atomic mass is 10.2. The summed E-state index contributed by atoms with van der Waals surface area (Å²) in [5.74, 6) is 0. The second-order valence-electron chi connectivity index (χ2n) is 5.91. The smallest absolute Gasteiger partial charge is 0.160 e. The van der Waals surface area contributed by atoms with Gasteiger partial charge in [0.2, 0.25) is 0 Å². The van der Waals surface area contributed by atoms with Crippen LogP contribution in [0, 0.1) is 0 Å². The van der Waals surface area contributed by atoms with Crippen molar-refractivity contribution in [3.8, 4) is 0 Å². The summed E-state index contributed by atoms with van der Waals surface area (Å²) in [6.45, 7) is 1.64. The van der Waals surface area contributed by atoms with Crippen molar-refractivity contribution in [3.05, 3.63) is 71.8 Å². The lowest BCUT2D eigenvalue weighted by Gasteiger charge is -2.19. The van der Waals surface area contributed by atoms with E-state index >= 15 is 0 Å². The summed E-state index contributed by atoms with van der Waals surface area (Å²) in [4.78, 5) is 0. The second kappa shape index (κ2) is 8.94. The van der Waals surface area contributed by atoms with Gasteiger partial charge >= 0.3 is 0 Å². The summed E-state index contributed by atoms with van der Waals surface area (Å²) < 4.78 is 23.1. The molecule has 0 N–H and O–H groups in total. The molecule has 2 aromatic carbocycles. The predicted octanol–water partition coefficient (Wildman–Crippen LogP) is 3.55. The van der Waals surface area contributed by atoms with Crippen LogP contribution >= 0.6 is 0 Å². The third kappa shape index (κ3) is 4.89. The van der Waals surface area contributed by atoms with Crippen molar-refractivity contribution in [2.45, 2.75) is 38.1 Å². The van der Waals surface area contributed by atoms with Gasteiger partial charge in [-0.1, -0.05) is 60.7 Å².